The van der Waals surface area contributed by atoms with Crippen LogP contribution in [0.5, 0.6) is 0 Å². The van der Waals surface area contributed by atoms with Crippen LogP contribution in [0.15, 0.2) is 54.6 Å². The standard InChI is InChI=1S/C23H35N5O/c1-6-12-28(13-7-2)21(17(3)4)16-26-23(24-5)25-15-18-14-22(29)27-20-11-9-8-10-19(18)20/h6-11,17-18,21H,1-2,12-16H2,3-5H3,(H,27,29)(H2,24,25,26). The summed E-state index contributed by atoms with van der Waals surface area (Å²) < 4.78 is 0. The SMILES string of the molecule is C=CCN(CC=C)C(CNC(=NC)NCC1CC(=O)Nc2ccccc21)C(C)C. The van der Waals surface area contributed by atoms with E-state index < -0.39 is 0 Å². The van der Waals surface area contributed by atoms with Crippen LogP contribution in [0.1, 0.15) is 31.7 Å². The Morgan fingerprint density at radius 1 is 1.28 bits per heavy atom. The van der Waals surface area contributed by atoms with E-state index in [1.165, 1.54) is 5.56 Å². The molecule has 6 nitrogen and oxygen atoms in total. The summed E-state index contributed by atoms with van der Waals surface area (Å²) in [5.41, 5.74) is 2.07. The number of rotatable bonds is 10. The second-order valence-electron chi connectivity index (χ2n) is 7.71. The van der Waals surface area contributed by atoms with Gasteiger partial charge >= 0.3 is 0 Å². The molecular formula is C23H35N5O. The molecule has 2 unspecified atom stereocenters. The maximum atomic E-state index is 12.0. The van der Waals surface area contributed by atoms with Crippen LogP contribution in [-0.4, -0.2) is 56.0 Å². The Kier molecular flexibility index (Phi) is 8.93. The minimum atomic E-state index is 0.0582. The zero-order valence-electron chi connectivity index (χ0n) is 17.9. The molecule has 0 saturated carbocycles. The highest BCUT2D eigenvalue weighted by Gasteiger charge is 2.25. The third-order valence-corrected chi connectivity index (χ3v) is 5.29. The summed E-state index contributed by atoms with van der Waals surface area (Å²) >= 11 is 0. The summed E-state index contributed by atoms with van der Waals surface area (Å²) in [7, 11) is 1.77. The second kappa shape index (κ2) is 11.4. The van der Waals surface area contributed by atoms with E-state index in [9.17, 15) is 4.79 Å². The van der Waals surface area contributed by atoms with Gasteiger partial charge in [0, 0.05) is 57.3 Å². The number of carbonyl (C=O) groups excluding carboxylic acids is 1. The molecule has 6 heteroatoms. The maximum Gasteiger partial charge on any atom is 0.225 e. The van der Waals surface area contributed by atoms with Gasteiger partial charge < -0.3 is 16.0 Å². The van der Waals surface area contributed by atoms with E-state index in [-0.39, 0.29) is 11.8 Å². The number of hydrogen-bond acceptors (Lipinski definition) is 3. The van der Waals surface area contributed by atoms with Crippen LogP contribution in [-0.2, 0) is 4.79 Å². The Morgan fingerprint density at radius 2 is 1.97 bits per heavy atom. The number of para-hydroxylation sites is 1. The molecule has 1 aromatic carbocycles. The molecule has 158 valence electrons. The van der Waals surface area contributed by atoms with Gasteiger partial charge in [0.1, 0.15) is 0 Å². The number of nitrogens with zero attached hydrogens (tertiary/aromatic N) is 2. The van der Waals surface area contributed by atoms with Crippen molar-refractivity contribution in [3.05, 3.63) is 55.1 Å². The van der Waals surface area contributed by atoms with Gasteiger partial charge in [0.2, 0.25) is 5.91 Å². The number of hydrogen-bond donors (Lipinski definition) is 3. The molecule has 29 heavy (non-hydrogen) atoms. The van der Waals surface area contributed by atoms with Crippen molar-refractivity contribution in [1.29, 1.82) is 0 Å². The van der Waals surface area contributed by atoms with Crippen molar-refractivity contribution in [2.45, 2.75) is 32.2 Å². The highest BCUT2D eigenvalue weighted by molar-refractivity contribution is 5.94. The second-order valence-corrected chi connectivity index (χ2v) is 7.71. The van der Waals surface area contributed by atoms with Crippen molar-refractivity contribution in [2.75, 3.05) is 38.5 Å². The molecule has 1 amide bonds. The summed E-state index contributed by atoms with van der Waals surface area (Å²) in [6.07, 6.45) is 4.33. The first-order chi connectivity index (χ1) is 14.0. The quantitative estimate of drug-likeness (QED) is 0.323. The normalized spacial score (nSPS) is 17.5. The van der Waals surface area contributed by atoms with Crippen molar-refractivity contribution in [1.82, 2.24) is 15.5 Å². The first-order valence-electron chi connectivity index (χ1n) is 10.3. The Labute approximate surface area is 175 Å². The topological polar surface area (TPSA) is 68.8 Å². The lowest BCUT2D eigenvalue weighted by atomic mass is 9.90. The first kappa shape index (κ1) is 22.7. The fourth-order valence-electron chi connectivity index (χ4n) is 3.79. The van der Waals surface area contributed by atoms with Gasteiger partial charge in [-0.3, -0.25) is 14.7 Å². The molecule has 0 spiro atoms. The molecule has 0 aromatic heterocycles. The lowest BCUT2D eigenvalue weighted by Crippen LogP contribution is -2.50. The number of amides is 1. The summed E-state index contributed by atoms with van der Waals surface area (Å²) in [5.74, 6) is 1.39. The fourth-order valence-corrected chi connectivity index (χ4v) is 3.79. The molecule has 1 heterocycles. The molecule has 1 aliphatic heterocycles. The molecule has 0 aliphatic carbocycles. The van der Waals surface area contributed by atoms with Crippen LogP contribution in [0.2, 0.25) is 0 Å². The Hall–Kier alpha value is -2.60. The fraction of sp³-hybridized carbons (Fsp3) is 0.478. The van der Waals surface area contributed by atoms with Crippen LogP contribution in [0, 0.1) is 5.92 Å². The van der Waals surface area contributed by atoms with Gasteiger partial charge in [0.15, 0.2) is 5.96 Å². The number of aliphatic imine (C=N–C) groups is 1. The Morgan fingerprint density at radius 3 is 2.59 bits per heavy atom. The van der Waals surface area contributed by atoms with E-state index in [0.717, 1.165) is 31.3 Å². The van der Waals surface area contributed by atoms with Gasteiger partial charge in [-0.15, -0.1) is 13.2 Å². The zero-order chi connectivity index (χ0) is 21.2. The number of anilines is 1. The molecular weight excluding hydrogens is 362 g/mol. The minimum Gasteiger partial charge on any atom is -0.356 e. The van der Waals surface area contributed by atoms with Crippen molar-refractivity contribution in [2.24, 2.45) is 10.9 Å². The van der Waals surface area contributed by atoms with E-state index in [2.05, 4.69) is 58.9 Å². The highest BCUT2D eigenvalue weighted by Crippen LogP contribution is 2.31. The Balaban J connectivity index is 1.97. The molecule has 3 N–H and O–H groups in total. The molecule has 1 aliphatic rings. The molecule has 1 aromatic rings. The summed E-state index contributed by atoms with van der Waals surface area (Å²) in [5, 5.41) is 9.79. The van der Waals surface area contributed by atoms with Gasteiger partial charge in [-0.1, -0.05) is 44.2 Å². The largest absolute Gasteiger partial charge is 0.356 e. The average Bonchev–Trinajstić information content (AvgIpc) is 2.70. The first-order valence-corrected chi connectivity index (χ1v) is 10.3. The maximum absolute atomic E-state index is 12.0. The molecule has 2 rings (SSSR count). The molecule has 0 saturated heterocycles. The monoisotopic (exact) mass is 397 g/mol. The lowest BCUT2D eigenvalue weighted by Gasteiger charge is -2.33. The smallest absolute Gasteiger partial charge is 0.225 e. The van der Waals surface area contributed by atoms with Crippen LogP contribution >= 0.6 is 0 Å². The summed E-state index contributed by atoms with van der Waals surface area (Å²) in [6, 6.07) is 8.31. The third kappa shape index (κ3) is 6.46. The number of carbonyl (C=O) groups is 1. The molecule has 2 atom stereocenters. The van der Waals surface area contributed by atoms with E-state index in [1.54, 1.807) is 7.05 Å². The average molecular weight is 398 g/mol. The number of guanidine groups is 1. The van der Waals surface area contributed by atoms with Crippen LogP contribution in [0.25, 0.3) is 0 Å². The number of benzene rings is 1. The molecule has 0 radical (unpaired) electrons. The van der Waals surface area contributed by atoms with Crippen LogP contribution in [0.3, 0.4) is 0 Å². The van der Waals surface area contributed by atoms with Gasteiger partial charge in [-0.25, -0.2) is 0 Å². The zero-order valence-corrected chi connectivity index (χ0v) is 17.9. The van der Waals surface area contributed by atoms with Crippen LogP contribution in [0.4, 0.5) is 5.69 Å². The number of fused-ring (bicyclic) bond motifs is 1. The van der Waals surface area contributed by atoms with Gasteiger partial charge in [0.05, 0.1) is 0 Å². The van der Waals surface area contributed by atoms with Gasteiger partial charge in [0.25, 0.3) is 0 Å². The van der Waals surface area contributed by atoms with E-state index in [0.29, 0.717) is 24.9 Å². The van der Waals surface area contributed by atoms with E-state index in [1.807, 2.05) is 30.4 Å². The van der Waals surface area contributed by atoms with Gasteiger partial charge in [-0.2, -0.15) is 0 Å². The predicted molar refractivity (Wildman–Crippen MR) is 122 cm³/mol. The molecule has 0 bridgehead atoms. The van der Waals surface area contributed by atoms with E-state index >= 15 is 0 Å². The third-order valence-electron chi connectivity index (χ3n) is 5.29. The summed E-state index contributed by atoms with van der Waals surface area (Å²) in [4.78, 5) is 18.8. The highest BCUT2D eigenvalue weighted by atomic mass is 16.1. The summed E-state index contributed by atoms with van der Waals surface area (Å²) in [6.45, 7) is 15.2. The van der Waals surface area contributed by atoms with Crippen molar-refractivity contribution >= 4 is 17.6 Å². The lowest BCUT2D eigenvalue weighted by molar-refractivity contribution is -0.116. The molecule has 0 fully saturated rings. The van der Waals surface area contributed by atoms with Gasteiger partial charge in [-0.05, 0) is 17.5 Å². The van der Waals surface area contributed by atoms with Crippen molar-refractivity contribution in [3.8, 4) is 0 Å². The minimum absolute atomic E-state index is 0.0582. The number of nitrogens with one attached hydrogen (secondary N) is 3. The van der Waals surface area contributed by atoms with Crippen molar-refractivity contribution < 1.29 is 4.79 Å². The van der Waals surface area contributed by atoms with Crippen molar-refractivity contribution in [3.63, 3.8) is 0 Å². The predicted octanol–water partition coefficient (Wildman–Crippen LogP) is 2.98. The van der Waals surface area contributed by atoms with Crippen LogP contribution < -0.4 is 16.0 Å². The van der Waals surface area contributed by atoms with E-state index in [4.69, 9.17) is 0 Å². The Bertz CT molecular complexity index is 718.